The quantitative estimate of drug-likeness (QED) is 0.0823. The van der Waals surface area contributed by atoms with E-state index in [1.54, 1.807) is 22.7 Å². The summed E-state index contributed by atoms with van der Waals surface area (Å²) in [5, 5.41) is 0. The largest absolute Gasteiger partial charge is 3.00 e. The Morgan fingerprint density at radius 1 is 0.618 bits per heavy atom. The van der Waals surface area contributed by atoms with Crippen molar-refractivity contribution in [3.05, 3.63) is 6.28 Å². The first-order valence-corrected chi connectivity index (χ1v) is 21.3. The van der Waals surface area contributed by atoms with E-state index in [1.165, 1.54) is 103 Å². The summed E-state index contributed by atoms with van der Waals surface area (Å²) in [7, 11) is 0. The van der Waals surface area contributed by atoms with Crippen LogP contribution in [0.15, 0.2) is 16.8 Å². The summed E-state index contributed by atoms with van der Waals surface area (Å²) in [4.78, 5) is 0. The van der Waals surface area contributed by atoms with Gasteiger partial charge in [-0.15, -0.1) is 20.6 Å². The van der Waals surface area contributed by atoms with E-state index in [-0.39, 0.29) is 16.5 Å². The molecule has 0 amide bonds. The molecule has 0 aliphatic heterocycles. The Bertz CT molecular complexity index is 863. The maximum absolute atomic E-state index is 5.70. The molecule has 199 valence electrons. The molecular weight excluding hydrogens is 675 g/mol. The molecule has 34 heavy (non-hydrogen) atoms. The van der Waals surface area contributed by atoms with Gasteiger partial charge in [-0.2, -0.15) is 0 Å². The summed E-state index contributed by atoms with van der Waals surface area (Å²) < 4.78 is 5.82. The van der Waals surface area contributed by atoms with Crippen molar-refractivity contribution in [3.8, 4) is 0 Å². The molecule has 0 bridgehead atoms. The molecule has 0 nitrogen and oxygen atoms in total. The molecule has 0 atom stereocenters. The van der Waals surface area contributed by atoms with Gasteiger partial charge in [0.15, 0.2) is 0 Å². The number of unbranched alkanes of at least 4 members (excludes halogenated alkanes) is 4. The van der Waals surface area contributed by atoms with Crippen molar-refractivity contribution in [1.29, 1.82) is 0 Å². The second-order valence-electron chi connectivity index (χ2n) is 8.32. The summed E-state index contributed by atoms with van der Waals surface area (Å²) in [5.41, 5.74) is 0. The molecule has 12 heteroatoms. The van der Waals surface area contributed by atoms with Crippen molar-refractivity contribution < 1.29 is 16.5 Å². The molecule has 0 saturated heterocycles. The van der Waals surface area contributed by atoms with Gasteiger partial charge in [0.2, 0.25) is 0 Å². The topological polar surface area (TPSA) is 0 Å². The molecule has 2 heterocycles. The first-order chi connectivity index (χ1) is 15.6. The summed E-state index contributed by atoms with van der Waals surface area (Å²) in [6.07, 6.45) is 16.6. The first kappa shape index (κ1) is 36.5. The number of rotatable bonds is 14. The van der Waals surface area contributed by atoms with Crippen molar-refractivity contribution in [2.24, 2.45) is 0 Å². The SMILES string of the molecule is CCCCP(CCCC)(CCCC)(CCCC)Sc1sc(=S)sc1[S-].S=c1sc([S-])c([S-])s1.[Ni+3]. The van der Waals surface area contributed by atoms with Gasteiger partial charge in [0.25, 0.3) is 0 Å². The summed E-state index contributed by atoms with van der Waals surface area (Å²) in [6.45, 7) is 9.40. The van der Waals surface area contributed by atoms with Crippen LogP contribution in [-0.4, -0.2) is 24.6 Å². The van der Waals surface area contributed by atoms with Crippen LogP contribution in [0, 0.1) is 6.28 Å². The monoisotopic (exact) mass is 709 g/mol. The smallest absolute Gasteiger partial charge is 0.429 e. The molecule has 1 radical (unpaired) electrons. The van der Waals surface area contributed by atoms with Crippen LogP contribution in [0.3, 0.4) is 0 Å². The molecule has 0 aliphatic carbocycles. The Morgan fingerprint density at radius 2 is 0.941 bits per heavy atom. The summed E-state index contributed by atoms with van der Waals surface area (Å²) >= 11 is 34.2. The maximum atomic E-state index is 5.70. The Hall–Kier alpha value is 2.47. The third-order valence-corrected chi connectivity index (χ3v) is 24.1. The van der Waals surface area contributed by atoms with Crippen LogP contribution in [0.2, 0.25) is 0 Å². The van der Waals surface area contributed by atoms with Gasteiger partial charge in [-0.1, -0.05) is 0 Å². The van der Waals surface area contributed by atoms with Gasteiger partial charge in [0, 0.05) is 0 Å². The van der Waals surface area contributed by atoms with Crippen molar-refractivity contribution >= 4 is 125 Å². The van der Waals surface area contributed by atoms with E-state index in [9.17, 15) is 0 Å². The van der Waals surface area contributed by atoms with Crippen LogP contribution >= 0.6 is 87.0 Å². The van der Waals surface area contributed by atoms with E-state index in [0.29, 0.717) is 0 Å². The van der Waals surface area contributed by atoms with E-state index in [4.69, 9.17) is 62.3 Å². The fraction of sp³-hybridized carbons (Fsp3) is 0.727. The van der Waals surface area contributed by atoms with Crippen LogP contribution < -0.4 is 0 Å². The average molecular weight is 711 g/mol. The first-order valence-electron chi connectivity index (χ1n) is 11.6. The van der Waals surface area contributed by atoms with Crippen molar-refractivity contribution in [2.45, 2.75) is 95.9 Å². The van der Waals surface area contributed by atoms with E-state index in [2.05, 4.69) is 39.1 Å². The normalized spacial score (nSPS) is 12.3. The van der Waals surface area contributed by atoms with Crippen LogP contribution in [-0.2, 0) is 54.4 Å². The third kappa shape index (κ3) is 12.1. The molecule has 0 aliphatic rings. The van der Waals surface area contributed by atoms with Gasteiger partial charge >= 0.3 is 196 Å². The fourth-order valence-corrected chi connectivity index (χ4v) is 24.5. The summed E-state index contributed by atoms with van der Waals surface area (Å²) in [5.74, 6) is -1.86. The molecule has 0 fully saturated rings. The second-order valence-corrected chi connectivity index (χ2v) is 26.8. The van der Waals surface area contributed by atoms with E-state index in [0.717, 1.165) is 18.9 Å². The molecule has 0 aromatic carbocycles. The third-order valence-electron chi connectivity index (χ3n) is 5.69. The number of hydrogen-bond acceptors (Lipinski definition) is 10. The minimum atomic E-state index is -1.86. The standard InChI is InChI=1S/C19H37PS5.C3H2S5.Ni/c1-5-9-13-20(14-10-6-2,15-11-7-3,16-12-8-4)25-18-17(21)23-19(22)24-18;4-1-2(5)8-3(6)7-1;/h21H,5-16H2,1-4H3;4-5H;/q;;+3/p-3. The van der Waals surface area contributed by atoms with Gasteiger partial charge in [0.1, 0.15) is 0 Å². The Morgan fingerprint density at radius 3 is 1.18 bits per heavy atom. The van der Waals surface area contributed by atoms with E-state index >= 15 is 0 Å². The van der Waals surface area contributed by atoms with E-state index in [1.807, 2.05) is 0 Å². The van der Waals surface area contributed by atoms with Gasteiger partial charge in [-0.3, -0.25) is 0 Å². The fourth-order valence-electron chi connectivity index (χ4n) is 3.89. The molecule has 2 rings (SSSR count). The molecule has 2 aromatic heterocycles. The molecule has 0 saturated carbocycles. The zero-order valence-corrected chi connectivity index (χ0v) is 30.4. The molecule has 0 N–H and O–H groups in total. The van der Waals surface area contributed by atoms with Gasteiger partial charge < -0.3 is 47.9 Å². The Kier molecular flexibility index (Phi) is 20.1. The zero-order chi connectivity index (χ0) is 24.9. The molecule has 0 spiro atoms. The average Bonchev–Trinajstić information content (AvgIpc) is 3.26. The summed E-state index contributed by atoms with van der Waals surface area (Å²) in [6, 6.07) is 0. The molecule has 2 aromatic rings. The van der Waals surface area contributed by atoms with E-state index < -0.39 is 5.81 Å². The van der Waals surface area contributed by atoms with Crippen LogP contribution in [0.25, 0.3) is 0 Å². The Labute approximate surface area is 265 Å². The Balaban J connectivity index is 0.00000102. The van der Waals surface area contributed by atoms with Gasteiger partial charge in [-0.05, 0) is 3.14 Å². The predicted molar refractivity (Wildman–Crippen MR) is 175 cm³/mol. The van der Waals surface area contributed by atoms with Gasteiger partial charge in [-0.25, -0.2) is 0 Å². The van der Waals surface area contributed by atoms with Crippen LogP contribution in [0.1, 0.15) is 79.1 Å². The minimum Gasteiger partial charge on any atom is -0.429 e. The van der Waals surface area contributed by atoms with Crippen molar-refractivity contribution in [2.75, 3.05) is 24.6 Å². The van der Waals surface area contributed by atoms with Crippen molar-refractivity contribution in [3.63, 3.8) is 0 Å². The minimum absolute atomic E-state index is 0. The van der Waals surface area contributed by atoms with Crippen LogP contribution in [0.4, 0.5) is 0 Å². The van der Waals surface area contributed by atoms with Crippen LogP contribution in [0.5, 0.6) is 0 Å². The second kappa shape index (κ2) is 18.7. The van der Waals surface area contributed by atoms with Crippen molar-refractivity contribution in [1.82, 2.24) is 0 Å². The zero-order valence-electron chi connectivity index (χ0n) is 20.3. The molecular formula is C22H36NiPS10. The van der Waals surface area contributed by atoms with Gasteiger partial charge in [0.05, 0.1) is 0 Å². The predicted octanol–water partition coefficient (Wildman–Crippen LogP) is 11.6. The number of hydrogen-bond donors (Lipinski definition) is 0. The molecule has 0 unspecified atom stereocenters. The maximum Gasteiger partial charge on any atom is 3.00 e.